The van der Waals surface area contributed by atoms with Crippen molar-refractivity contribution >= 4 is 5.82 Å². The first-order valence-corrected chi connectivity index (χ1v) is 4.28. The molecule has 0 aliphatic carbocycles. The standard InChI is InChI=1S/C9H12N2O2/c1-2-9(12)5-13-6-3-4-7(10)11-8(6)9/h3-4,12H,2,5H2,1H3,(H2,10,11). The van der Waals surface area contributed by atoms with Crippen molar-refractivity contribution in [2.75, 3.05) is 12.3 Å². The Balaban J connectivity index is 2.52. The number of pyridine rings is 1. The number of aliphatic hydroxyl groups is 1. The van der Waals surface area contributed by atoms with Gasteiger partial charge >= 0.3 is 0 Å². The lowest BCUT2D eigenvalue weighted by Gasteiger charge is -2.17. The Kier molecular flexibility index (Phi) is 1.66. The number of aromatic nitrogens is 1. The van der Waals surface area contributed by atoms with Gasteiger partial charge < -0.3 is 15.6 Å². The van der Waals surface area contributed by atoms with Crippen molar-refractivity contribution in [3.8, 4) is 5.75 Å². The Morgan fingerprint density at radius 2 is 2.46 bits per heavy atom. The van der Waals surface area contributed by atoms with Gasteiger partial charge in [0.25, 0.3) is 0 Å². The predicted molar refractivity (Wildman–Crippen MR) is 48.3 cm³/mol. The number of nitrogens with zero attached hydrogens (tertiary/aromatic N) is 1. The summed E-state index contributed by atoms with van der Waals surface area (Å²) in [6.07, 6.45) is 0.580. The Bertz CT molecular complexity index is 340. The normalized spacial score (nSPS) is 25.4. The summed E-state index contributed by atoms with van der Waals surface area (Å²) in [5, 5.41) is 10.0. The molecule has 70 valence electrons. The average molecular weight is 180 g/mol. The maximum Gasteiger partial charge on any atom is 0.144 e. The first-order valence-electron chi connectivity index (χ1n) is 4.28. The van der Waals surface area contributed by atoms with Gasteiger partial charge in [-0.2, -0.15) is 0 Å². The summed E-state index contributed by atoms with van der Waals surface area (Å²) in [6.45, 7) is 2.17. The molecular weight excluding hydrogens is 168 g/mol. The zero-order valence-corrected chi connectivity index (χ0v) is 7.45. The Morgan fingerprint density at radius 3 is 3.15 bits per heavy atom. The fraction of sp³-hybridized carbons (Fsp3) is 0.444. The van der Waals surface area contributed by atoms with E-state index in [9.17, 15) is 5.11 Å². The van der Waals surface area contributed by atoms with Crippen molar-refractivity contribution in [1.29, 1.82) is 0 Å². The van der Waals surface area contributed by atoms with E-state index >= 15 is 0 Å². The number of rotatable bonds is 1. The highest BCUT2D eigenvalue weighted by atomic mass is 16.5. The molecular formula is C9H12N2O2. The highest BCUT2D eigenvalue weighted by molar-refractivity contribution is 5.43. The molecule has 1 aromatic heterocycles. The molecule has 1 unspecified atom stereocenters. The third-order valence-electron chi connectivity index (χ3n) is 2.37. The molecule has 13 heavy (non-hydrogen) atoms. The second-order valence-electron chi connectivity index (χ2n) is 3.26. The number of ether oxygens (including phenoxy) is 1. The van der Waals surface area contributed by atoms with Crippen LogP contribution in [0.25, 0.3) is 0 Å². The van der Waals surface area contributed by atoms with Crippen molar-refractivity contribution in [1.82, 2.24) is 4.98 Å². The minimum Gasteiger partial charge on any atom is -0.488 e. The van der Waals surface area contributed by atoms with Gasteiger partial charge in [-0.25, -0.2) is 4.98 Å². The second-order valence-corrected chi connectivity index (χ2v) is 3.26. The summed E-state index contributed by atoms with van der Waals surface area (Å²) in [4.78, 5) is 4.08. The van der Waals surface area contributed by atoms with E-state index in [1.165, 1.54) is 0 Å². The highest BCUT2D eigenvalue weighted by Gasteiger charge is 2.38. The van der Waals surface area contributed by atoms with Crippen LogP contribution in [0.1, 0.15) is 19.0 Å². The number of anilines is 1. The van der Waals surface area contributed by atoms with Crippen molar-refractivity contribution in [3.63, 3.8) is 0 Å². The number of hydrogen-bond donors (Lipinski definition) is 2. The van der Waals surface area contributed by atoms with Gasteiger partial charge in [-0.3, -0.25) is 0 Å². The van der Waals surface area contributed by atoms with E-state index in [0.29, 0.717) is 23.7 Å². The molecule has 0 bridgehead atoms. The zero-order valence-electron chi connectivity index (χ0n) is 7.45. The third-order valence-corrected chi connectivity index (χ3v) is 2.37. The van der Waals surface area contributed by atoms with Crippen LogP contribution >= 0.6 is 0 Å². The van der Waals surface area contributed by atoms with Crippen molar-refractivity contribution < 1.29 is 9.84 Å². The van der Waals surface area contributed by atoms with Crippen LogP contribution in [0.4, 0.5) is 5.82 Å². The van der Waals surface area contributed by atoms with Gasteiger partial charge in [0, 0.05) is 0 Å². The molecule has 0 fully saturated rings. The molecule has 0 aromatic carbocycles. The topological polar surface area (TPSA) is 68.4 Å². The minimum atomic E-state index is -0.954. The van der Waals surface area contributed by atoms with Crippen LogP contribution < -0.4 is 10.5 Å². The lowest BCUT2D eigenvalue weighted by molar-refractivity contribution is 0.0101. The highest BCUT2D eigenvalue weighted by Crippen LogP contribution is 2.37. The van der Waals surface area contributed by atoms with E-state index in [1.807, 2.05) is 6.92 Å². The first kappa shape index (κ1) is 8.31. The second kappa shape index (κ2) is 2.60. The SMILES string of the molecule is CCC1(O)COc2ccc(N)nc21. The number of fused-ring (bicyclic) bond motifs is 1. The van der Waals surface area contributed by atoms with E-state index in [4.69, 9.17) is 10.5 Å². The molecule has 0 saturated heterocycles. The summed E-state index contributed by atoms with van der Waals surface area (Å²) < 4.78 is 5.29. The average Bonchev–Trinajstić information content (AvgIpc) is 2.45. The molecule has 0 saturated carbocycles. The maximum absolute atomic E-state index is 10.0. The summed E-state index contributed by atoms with van der Waals surface area (Å²) in [5.74, 6) is 1.05. The molecule has 1 atom stereocenters. The van der Waals surface area contributed by atoms with Crippen LogP contribution in [0.3, 0.4) is 0 Å². The minimum absolute atomic E-state index is 0.273. The third kappa shape index (κ3) is 1.14. The smallest absolute Gasteiger partial charge is 0.144 e. The van der Waals surface area contributed by atoms with E-state index in [2.05, 4.69) is 4.98 Å². The largest absolute Gasteiger partial charge is 0.488 e. The molecule has 4 heteroatoms. The monoisotopic (exact) mass is 180 g/mol. The van der Waals surface area contributed by atoms with E-state index in [-0.39, 0.29) is 6.61 Å². The van der Waals surface area contributed by atoms with Gasteiger partial charge in [0.1, 0.15) is 29.5 Å². The molecule has 2 heterocycles. The van der Waals surface area contributed by atoms with Crippen molar-refractivity contribution in [3.05, 3.63) is 17.8 Å². The molecule has 0 spiro atoms. The molecule has 0 amide bonds. The van der Waals surface area contributed by atoms with Gasteiger partial charge in [-0.05, 0) is 18.6 Å². The lowest BCUT2D eigenvalue weighted by Crippen LogP contribution is -2.27. The molecule has 0 radical (unpaired) electrons. The van der Waals surface area contributed by atoms with Gasteiger partial charge in [-0.1, -0.05) is 6.92 Å². The van der Waals surface area contributed by atoms with E-state index in [1.54, 1.807) is 12.1 Å². The summed E-state index contributed by atoms with van der Waals surface area (Å²) in [5.41, 5.74) is 5.14. The molecule has 1 aliphatic heterocycles. The number of nitrogen functional groups attached to an aromatic ring is 1. The van der Waals surface area contributed by atoms with E-state index in [0.717, 1.165) is 0 Å². The van der Waals surface area contributed by atoms with Crippen LogP contribution in [0.2, 0.25) is 0 Å². The quantitative estimate of drug-likeness (QED) is 0.666. The van der Waals surface area contributed by atoms with Gasteiger partial charge in [0.05, 0.1) is 0 Å². The van der Waals surface area contributed by atoms with Gasteiger partial charge in [0.15, 0.2) is 0 Å². The Hall–Kier alpha value is -1.29. The van der Waals surface area contributed by atoms with Crippen LogP contribution in [0.15, 0.2) is 12.1 Å². The summed E-state index contributed by atoms with van der Waals surface area (Å²) >= 11 is 0. The fourth-order valence-corrected chi connectivity index (χ4v) is 1.45. The van der Waals surface area contributed by atoms with Crippen molar-refractivity contribution in [2.45, 2.75) is 18.9 Å². The molecule has 4 nitrogen and oxygen atoms in total. The first-order chi connectivity index (χ1) is 6.15. The number of hydrogen-bond acceptors (Lipinski definition) is 4. The molecule has 3 N–H and O–H groups in total. The molecule has 1 aromatic rings. The number of nitrogens with two attached hydrogens (primary N) is 1. The Morgan fingerprint density at radius 1 is 1.69 bits per heavy atom. The van der Waals surface area contributed by atoms with Crippen LogP contribution in [0.5, 0.6) is 5.75 Å². The predicted octanol–water partition coefficient (Wildman–Crippen LogP) is 0.654. The van der Waals surface area contributed by atoms with Crippen LogP contribution in [-0.4, -0.2) is 16.7 Å². The summed E-state index contributed by atoms with van der Waals surface area (Å²) in [6, 6.07) is 3.41. The molecule has 1 aliphatic rings. The van der Waals surface area contributed by atoms with E-state index < -0.39 is 5.60 Å². The molecule has 2 rings (SSSR count). The van der Waals surface area contributed by atoms with Crippen LogP contribution in [-0.2, 0) is 5.60 Å². The zero-order chi connectivity index (χ0) is 9.47. The summed E-state index contributed by atoms with van der Waals surface area (Å²) in [7, 11) is 0. The van der Waals surface area contributed by atoms with Gasteiger partial charge in [0.2, 0.25) is 0 Å². The Labute approximate surface area is 76.4 Å². The maximum atomic E-state index is 10.0. The fourth-order valence-electron chi connectivity index (χ4n) is 1.45. The van der Waals surface area contributed by atoms with Crippen LogP contribution in [0, 0.1) is 0 Å². The van der Waals surface area contributed by atoms with Crippen molar-refractivity contribution in [2.24, 2.45) is 0 Å². The lowest BCUT2D eigenvalue weighted by atomic mass is 9.99. The van der Waals surface area contributed by atoms with Gasteiger partial charge in [-0.15, -0.1) is 0 Å².